The van der Waals surface area contributed by atoms with E-state index in [0.29, 0.717) is 0 Å². The Labute approximate surface area is 170 Å². The van der Waals surface area contributed by atoms with Crippen LogP contribution in [0, 0.1) is 10.1 Å². The van der Waals surface area contributed by atoms with Gasteiger partial charge in [0.25, 0.3) is 5.69 Å². The number of hydrogen-bond acceptors (Lipinski definition) is 7. The number of rotatable bonds is 7. The Hall–Kier alpha value is -2.57. The molecule has 0 aliphatic rings. The largest absolute Gasteiger partial charge is 0.491 e. The van der Waals surface area contributed by atoms with Crippen LogP contribution < -0.4 is 4.74 Å². The molecule has 2 heterocycles. The van der Waals surface area contributed by atoms with E-state index < -0.39 is 22.8 Å². The number of ether oxygens (including phenoxy) is 1. The van der Waals surface area contributed by atoms with E-state index in [-0.39, 0.29) is 39.6 Å². The van der Waals surface area contributed by atoms with Crippen LogP contribution in [0.3, 0.4) is 0 Å². The number of aliphatic hydroxyl groups is 1. The molecule has 0 amide bonds. The summed E-state index contributed by atoms with van der Waals surface area (Å²) in [5.74, 6) is 0.238. The normalized spacial score (nSPS) is 12.9. The second-order valence-corrected chi connectivity index (χ2v) is 7.18. The van der Waals surface area contributed by atoms with E-state index in [1.165, 1.54) is 24.3 Å². The van der Waals surface area contributed by atoms with Gasteiger partial charge in [0.1, 0.15) is 12.4 Å². The molecule has 29 heavy (non-hydrogen) atoms. The van der Waals surface area contributed by atoms with Gasteiger partial charge in [0.05, 0.1) is 27.7 Å². The van der Waals surface area contributed by atoms with Crippen LogP contribution in [0.5, 0.6) is 5.75 Å². The van der Waals surface area contributed by atoms with Gasteiger partial charge in [-0.1, -0.05) is 29.4 Å². The summed E-state index contributed by atoms with van der Waals surface area (Å²) in [5.41, 5.74) is -1.05. The van der Waals surface area contributed by atoms with Gasteiger partial charge < -0.3 is 9.84 Å². The van der Waals surface area contributed by atoms with Crippen LogP contribution >= 0.6 is 23.4 Å². The molecule has 3 rings (SSSR count). The number of thioether (sulfide) groups is 1. The molecule has 0 bridgehead atoms. The Morgan fingerprint density at radius 1 is 1.34 bits per heavy atom. The molecule has 0 aliphatic carbocycles. The number of nitro groups is 1. The van der Waals surface area contributed by atoms with Crippen LogP contribution in [0.15, 0.2) is 41.7 Å². The first-order valence-electron chi connectivity index (χ1n) is 7.94. The first-order chi connectivity index (χ1) is 13.6. The van der Waals surface area contributed by atoms with E-state index in [9.17, 15) is 28.4 Å². The van der Waals surface area contributed by atoms with Crippen molar-refractivity contribution >= 4 is 34.7 Å². The number of nitrogens with zero attached hydrogens (tertiary/aromatic N) is 4. The van der Waals surface area contributed by atoms with E-state index in [1.807, 2.05) is 0 Å². The van der Waals surface area contributed by atoms with Crippen molar-refractivity contribution in [3.8, 4) is 5.75 Å². The maximum absolute atomic E-state index is 13.0. The lowest BCUT2D eigenvalue weighted by atomic mass is 10.3. The molecule has 0 radical (unpaired) electrons. The van der Waals surface area contributed by atoms with Crippen molar-refractivity contribution in [3.63, 3.8) is 0 Å². The average Bonchev–Trinajstić information content (AvgIpc) is 3.08. The topological polar surface area (TPSA) is 103 Å². The zero-order valence-electron chi connectivity index (χ0n) is 14.3. The Morgan fingerprint density at radius 3 is 2.79 bits per heavy atom. The number of hydrogen-bond donors (Lipinski definition) is 1. The molecule has 13 heteroatoms. The summed E-state index contributed by atoms with van der Waals surface area (Å²) in [6.45, 7) is -0.181. The van der Waals surface area contributed by atoms with Crippen LogP contribution in [-0.4, -0.2) is 43.1 Å². The van der Waals surface area contributed by atoms with Gasteiger partial charge in [-0.05, 0) is 12.1 Å². The predicted octanol–water partition coefficient (Wildman–Crippen LogP) is 3.84. The highest BCUT2D eigenvalue weighted by Gasteiger charge is 2.32. The van der Waals surface area contributed by atoms with Crippen LogP contribution in [-0.2, 0) is 6.18 Å². The zero-order chi connectivity index (χ0) is 21.2. The minimum atomic E-state index is -4.59. The minimum Gasteiger partial charge on any atom is -0.491 e. The standard InChI is InChI=1S/C16H12ClF3N4O4S/c17-13-4-9(16(18,19)20)6-23-14(13)21-22-15(23)29-8-11(25)7-28-12-3-1-2-10(5-12)24(26)27/h1-6,11,25H,7-8H2. The fraction of sp³-hybridized carbons (Fsp3) is 0.250. The smallest absolute Gasteiger partial charge is 0.417 e. The van der Waals surface area contributed by atoms with Gasteiger partial charge in [-0.25, -0.2) is 0 Å². The lowest BCUT2D eigenvalue weighted by molar-refractivity contribution is -0.384. The van der Waals surface area contributed by atoms with Crippen molar-refractivity contribution in [2.24, 2.45) is 0 Å². The van der Waals surface area contributed by atoms with Gasteiger partial charge in [-0.15, -0.1) is 10.2 Å². The van der Waals surface area contributed by atoms with Gasteiger partial charge in [-0.3, -0.25) is 14.5 Å². The first-order valence-corrected chi connectivity index (χ1v) is 9.31. The Balaban J connectivity index is 1.65. The molecule has 0 aliphatic heterocycles. The number of non-ortho nitro benzene ring substituents is 1. The Bertz CT molecular complexity index is 1050. The molecule has 1 N–H and O–H groups in total. The Morgan fingerprint density at radius 2 is 2.10 bits per heavy atom. The van der Waals surface area contributed by atoms with Gasteiger partial charge >= 0.3 is 6.18 Å². The highest BCUT2D eigenvalue weighted by atomic mass is 35.5. The van der Waals surface area contributed by atoms with E-state index in [2.05, 4.69) is 10.2 Å². The molecule has 1 atom stereocenters. The third kappa shape index (κ3) is 5.08. The van der Waals surface area contributed by atoms with E-state index in [4.69, 9.17) is 16.3 Å². The second kappa shape index (κ2) is 8.43. The molecule has 0 fully saturated rings. The summed E-state index contributed by atoms with van der Waals surface area (Å²) in [5, 5.41) is 28.3. The highest BCUT2D eigenvalue weighted by molar-refractivity contribution is 7.99. The lowest BCUT2D eigenvalue weighted by Crippen LogP contribution is -2.20. The zero-order valence-corrected chi connectivity index (χ0v) is 15.9. The highest BCUT2D eigenvalue weighted by Crippen LogP contribution is 2.33. The first kappa shape index (κ1) is 21.1. The maximum Gasteiger partial charge on any atom is 0.417 e. The second-order valence-electron chi connectivity index (χ2n) is 5.78. The summed E-state index contributed by atoms with van der Waals surface area (Å²) in [6, 6.07) is 6.22. The van der Waals surface area contributed by atoms with Crippen LogP contribution in [0.2, 0.25) is 5.02 Å². The van der Waals surface area contributed by atoms with Crippen molar-refractivity contribution in [2.45, 2.75) is 17.4 Å². The molecule has 1 aromatic carbocycles. The summed E-state index contributed by atoms with van der Waals surface area (Å²) in [6.07, 6.45) is -4.78. The molecule has 0 spiro atoms. The molecule has 1 unspecified atom stereocenters. The van der Waals surface area contributed by atoms with Crippen molar-refractivity contribution in [1.29, 1.82) is 0 Å². The van der Waals surface area contributed by atoms with E-state index in [0.717, 1.165) is 28.4 Å². The molecule has 0 saturated carbocycles. The number of fused-ring (bicyclic) bond motifs is 1. The predicted molar refractivity (Wildman–Crippen MR) is 98.3 cm³/mol. The van der Waals surface area contributed by atoms with Crippen molar-refractivity contribution in [3.05, 3.63) is 57.2 Å². The van der Waals surface area contributed by atoms with Crippen molar-refractivity contribution < 1.29 is 27.9 Å². The van der Waals surface area contributed by atoms with Crippen LogP contribution in [0.4, 0.5) is 18.9 Å². The van der Waals surface area contributed by atoms with Crippen LogP contribution in [0.1, 0.15) is 5.56 Å². The SMILES string of the molecule is O=[N+]([O-])c1cccc(OCC(O)CSc2nnc3c(Cl)cc(C(F)(F)F)cn23)c1. The fourth-order valence-corrected chi connectivity index (χ4v) is 3.35. The number of pyridine rings is 1. The van der Waals surface area contributed by atoms with Gasteiger partial charge in [0.15, 0.2) is 10.8 Å². The fourth-order valence-electron chi connectivity index (χ4n) is 2.29. The van der Waals surface area contributed by atoms with Gasteiger partial charge in [-0.2, -0.15) is 13.2 Å². The summed E-state index contributed by atoms with van der Waals surface area (Å²) >= 11 is 6.81. The summed E-state index contributed by atoms with van der Waals surface area (Å²) < 4.78 is 45.3. The number of benzene rings is 1. The van der Waals surface area contributed by atoms with E-state index in [1.54, 1.807) is 0 Å². The van der Waals surface area contributed by atoms with Gasteiger partial charge in [0.2, 0.25) is 0 Å². The number of halogens is 4. The monoisotopic (exact) mass is 448 g/mol. The quantitative estimate of drug-likeness (QED) is 0.333. The van der Waals surface area contributed by atoms with Gasteiger partial charge in [0, 0.05) is 18.0 Å². The lowest BCUT2D eigenvalue weighted by Gasteiger charge is -2.12. The molecule has 3 aromatic rings. The molecule has 0 saturated heterocycles. The molecule has 154 valence electrons. The molecular formula is C16H12ClF3N4O4S. The maximum atomic E-state index is 13.0. The van der Waals surface area contributed by atoms with E-state index >= 15 is 0 Å². The molecule has 2 aromatic heterocycles. The minimum absolute atomic E-state index is 0.0313. The summed E-state index contributed by atoms with van der Waals surface area (Å²) in [7, 11) is 0. The van der Waals surface area contributed by atoms with Crippen molar-refractivity contribution in [1.82, 2.24) is 14.6 Å². The summed E-state index contributed by atoms with van der Waals surface area (Å²) in [4.78, 5) is 10.2. The average molecular weight is 449 g/mol. The van der Waals surface area contributed by atoms with Crippen LogP contribution in [0.25, 0.3) is 5.65 Å². The number of nitro benzene ring substituents is 1. The number of alkyl halides is 3. The molecular weight excluding hydrogens is 437 g/mol. The third-order valence-electron chi connectivity index (χ3n) is 3.63. The number of aromatic nitrogens is 3. The Kier molecular flexibility index (Phi) is 6.15. The number of aliphatic hydroxyl groups excluding tert-OH is 1. The third-order valence-corrected chi connectivity index (χ3v) is 5.00. The molecule has 8 nitrogen and oxygen atoms in total. The van der Waals surface area contributed by atoms with Crippen molar-refractivity contribution in [2.75, 3.05) is 12.4 Å².